The molecule has 0 aromatic carbocycles. The fourth-order valence-corrected chi connectivity index (χ4v) is 2.72. The lowest BCUT2D eigenvalue weighted by atomic mass is 10.1. The van der Waals surface area contributed by atoms with Crippen molar-refractivity contribution in [2.24, 2.45) is 0 Å². The lowest BCUT2D eigenvalue weighted by Gasteiger charge is -2.22. The Kier molecular flexibility index (Phi) is 10.2. The second-order valence-corrected chi connectivity index (χ2v) is 6.44. The topological polar surface area (TPSA) is 75.2 Å². The van der Waals surface area contributed by atoms with Gasteiger partial charge >= 0.3 is 11.8 Å². The molecule has 0 aliphatic rings. The first kappa shape index (κ1) is 19.5. The maximum absolute atomic E-state index is 12.4. The van der Waals surface area contributed by atoms with Crippen LogP contribution < -0.4 is 5.32 Å². The summed E-state index contributed by atoms with van der Waals surface area (Å²) in [5.74, 6) is -1.05. The summed E-state index contributed by atoms with van der Waals surface area (Å²) < 4.78 is 3.67. The lowest BCUT2D eigenvalue weighted by molar-refractivity contribution is -0.143. The lowest BCUT2D eigenvalue weighted by Crippen LogP contribution is -2.40. The number of amides is 2. The number of carbonyl (C=O) groups excluding carboxylic acids is 2. The van der Waals surface area contributed by atoms with E-state index in [2.05, 4.69) is 28.8 Å². The van der Waals surface area contributed by atoms with Gasteiger partial charge in [0.15, 0.2) is 0 Å². The van der Waals surface area contributed by atoms with Crippen molar-refractivity contribution in [2.45, 2.75) is 65.2 Å². The molecular formula is C16H28N4O2S. The van der Waals surface area contributed by atoms with Gasteiger partial charge in [-0.15, -0.1) is 5.10 Å². The van der Waals surface area contributed by atoms with E-state index in [4.69, 9.17) is 0 Å². The minimum absolute atomic E-state index is 0.452. The number of nitrogens with zero attached hydrogens (tertiary/aromatic N) is 3. The van der Waals surface area contributed by atoms with Crippen LogP contribution in [0.2, 0.25) is 0 Å². The Bertz CT molecular complexity index is 439. The Labute approximate surface area is 142 Å². The smallest absolute Gasteiger partial charge is 0.314 e. The van der Waals surface area contributed by atoms with Crippen molar-refractivity contribution < 1.29 is 9.59 Å². The van der Waals surface area contributed by atoms with Crippen LogP contribution in [0.25, 0.3) is 0 Å². The molecule has 6 nitrogen and oxygen atoms in total. The molecule has 0 saturated carbocycles. The van der Waals surface area contributed by atoms with Gasteiger partial charge < -0.3 is 10.2 Å². The molecule has 0 bridgehead atoms. The molecule has 0 aliphatic heterocycles. The highest BCUT2D eigenvalue weighted by Crippen LogP contribution is 2.10. The molecule has 0 unspecified atom stereocenters. The molecule has 1 rings (SSSR count). The van der Waals surface area contributed by atoms with Gasteiger partial charge in [0.2, 0.25) is 0 Å². The molecule has 1 heterocycles. The highest BCUT2D eigenvalue weighted by Gasteiger charge is 2.21. The number of hydrogen-bond acceptors (Lipinski definition) is 5. The van der Waals surface area contributed by atoms with Gasteiger partial charge in [0.1, 0.15) is 5.00 Å². The maximum Gasteiger partial charge on any atom is 0.314 e. The highest BCUT2D eigenvalue weighted by molar-refractivity contribution is 7.10. The number of nitrogens with one attached hydrogen (secondary N) is 1. The van der Waals surface area contributed by atoms with Gasteiger partial charge in [0.05, 0.1) is 6.20 Å². The number of unbranched alkanes of at least 4 members (excludes halogenated alkanes) is 6. The molecule has 0 radical (unpaired) electrons. The Balaban J connectivity index is 2.49. The standard InChI is InChI=1S/C16H28N4O2S/c1-3-5-7-9-11-20(12-10-8-6-4-2)16(22)15(21)18-14-13-17-19-23-14/h13H,3-12H2,1-2H3,(H,18,21). The third-order valence-electron chi connectivity index (χ3n) is 3.64. The zero-order chi connectivity index (χ0) is 16.9. The van der Waals surface area contributed by atoms with Crippen LogP contribution in [-0.2, 0) is 9.59 Å². The monoisotopic (exact) mass is 340 g/mol. The van der Waals surface area contributed by atoms with Crippen LogP contribution in [0, 0.1) is 0 Å². The molecule has 1 N–H and O–H groups in total. The molecule has 23 heavy (non-hydrogen) atoms. The quantitative estimate of drug-likeness (QED) is 0.494. The largest absolute Gasteiger partial charge is 0.334 e. The van der Waals surface area contributed by atoms with Gasteiger partial charge in [-0.2, -0.15) is 0 Å². The van der Waals surface area contributed by atoms with Gasteiger partial charge in [-0.25, -0.2) is 0 Å². The van der Waals surface area contributed by atoms with E-state index in [1.807, 2.05) is 0 Å². The van der Waals surface area contributed by atoms with Gasteiger partial charge in [0.25, 0.3) is 0 Å². The van der Waals surface area contributed by atoms with Crippen molar-refractivity contribution in [1.82, 2.24) is 14.5 Å². The predicted octanol–water partition coefficient (Wildman–Crippen LogP) is 3.47. The van der Waals surface area contributed by atoms with E-state index in [0.717, 1.165) is 62.9 Å². The molecule has 0 atom stereocenters. The van der Waals surface area contributed by atoms with Crippen molar-refractivity contribution in [1.29, 1.82) is 0 Å². The summed E-state index contributed by atoms with van der Waals surface area (Å²) in [7, 11) is 0. The molecule has 0 fully saturated rings. The van der Waals surface area contributed by atoms with E-state index in [1.54, 1.807) is 4.90 Å². The van der Waals surface area contributed by atoms with Crippen molar-refractivity contribution in [3.63, 3.8) is 0 Å². The van der Waals surface area contributed by atoms with Gasteiger partial charge in [0, 0.05) is 24.6 Å². The summed E-state index contributed by atoms with van der Waals surface area (Å²) in [6.45, 7) is 5.62. The Hall–Kier alpha value is -1.50. The second-order valence-electron chi connectivity index (χ2n) is 5.65. The summed E-state index contributed by atoms with van der Waals surface area (Å²) >= 11 is 1.07. The van der Waals surface area contributed by atoms with Crippen LogP contribution in [-0.4, -0.2) is 39.4 Å². The van der Waals surface area contributed by atoms with Crippen molar-refractivity contribution in [2.75, 3.05) is 18.4 Å². The number of anilines is 1. The highest BCUT2D eigenvalue weighted by atomic mass is 32.1. The van der Waals surface area contributed by atoms with Crippen LogP contribution in [0.3, 0.4) is 0 Å². The summed E-state index contributed by atoms with van der Waals surface area (Å²) in [4.78, 5) is 26.1. The molecule has 7 heteroatoms. The van der Waals surface area contributed by atoms with Crippen molar-refractivity contribution in [3.05, 3.63) is 6.20 Å². The number of hydrogen-bond donors (Lipinski definition) is 1. The number of rotatable bonds is 11. The molecule has 0 saturated heterocycles. The maximum atomic E-state index is 12.4. The molecule has 0 aliphatic carbocycles. The average molecular weight is 340 g/mol. The Morgan fingerprint density at radius 1 is 1.04 bits per heavy atom. The Morgan fingerprint density at radius 3 is 2.13 bits per heavy atom. The molecule has 0 spiro atoms. The minimum Gasteiger partial charge on any atom is -0.334 e. The van der Waals surface area contributed by atoms with E-state index in [0.29, 0.717) is 18.1 Å². The number of carbonyl (C=O) groups is 2. The van der Waals surface area contributed by atoms with E-state index >= 15 is 0 Å². The fourth-order valence-electron chi connectivity index (χ4n) is 2.30. The zero-order valence-corrected chi connectivity index (χ0v) is 15.0. The predicted molar refractivity (Wildman–Crippen MR) is 93.4 cm³/mol. The Morgan fingerprint density at radius 2 is 1.65 bits per heavy atom. The van der Waals surface area contributed by atoms with Gasteiger partial charge in [-0.3, -0.25) is 9.59 Å². The molecule has 2 amide bonds. The summed E-state index contributed by atoms with van der Waals surface area (Å²) in [5, 5.41) is 6.72. The SMILES string of the molecule is CCCCCCN(CCCCCC)C(=O)C(=O)Nc1cnns1. The van der Waals surface area contributed by atoms with Crippen molar-refractivity contribution in [3.8, 4) is 0 Å². The van der Waals surface area contributed by atoms with Crippen LogP contribution in [0.15, 0.2) is 6.20 Å². The van der Waals surface area contributed by atoms with Gasteiger partial charge in [-0.1, -0.05) is 56.9 Å². The van der Waals surface area contributed by atoms with Crippen molar-refractivity contribution >= 4 is 28.3 Å². The van der Waals surface area contributed by atoms with Crippen LogP contribution in [0.4, 0.5) is 5.00 Å². The van der Waals surface area contributed by atoms with E-state index in [1.165, 1.54) is 6.20 Å². The summed E-state index contributed by atoms with van der Waals surface area (Å²) in [6.07, 6.45) is 10.2. The third-order valence-corrected chi connectivity index (χ3v) is 4.22. The summed E-state index contributed by atoms with van der Waals surface area (Å²) in [5.41, 5.74) is 0. The third kappa shape index (κ3) is 8.06. The fraction of sp³-hybridized carbons (Fsp3) is 0.750. The van der Waals surface area contributed by atoms with E-state index in [-0.39, 0.29) is 0 Å². The number of aromatic nitrogens is 2. The second kappa shape index (κ2) is 12.0. The first-order valence-corrected chi connectivity index (χ1v) is 9.34. The summed E-state index contributed by atoms with van der Waals surface area (Å²) in [6, 6.07) is 0. The zero-order valence-electron chi connectivity index (χ0n) is 14.2. The van der Waals surface area contributed by atoms with E-state index < -0.39 is 11.8 Å². The average Bonchev–Trinajstić information content (AvgIpc) is 3.05. The van der Waals surface area contributed by atoms with Crippen LogP contribution in [0.5, 0.6) is 0 Å². The first-order chi connectivity index (χ1) is 11.2. The molecule has 1 aromatic rings. The normalized spacial score (nSPS) is 10.5. The minimum atomic E-state index is -0.595. The van der Waals surface area contributed by atoms with E-state index in [9.17, 15) is 9.59 Å². The first-order valence-electron chi connectivity index (χ1n) is 8.56. The van der Waals surface area contributed by atoms with Crippen LogP contribution in [0.1, 0.15) is 65.2 Å². The van der Waals surface area contributed by atoms with Crippen LogP contribution >= 0.6 is 11.5 Å². The molecule has 1 aromatic heterocycles. The molecule has 130 valence electrons. The van der Waals surface area contributed by atoms with Gasteiger partial charge in [-0.05, 0) is 12.8 Å². The molecular weight excluding hydrogens is 312 g/mol.